The lowest BCUT2D eigenvalue weighted by molar-refractivity contribution is -0.154. The summed E-state index contributed by atoms with van der Waals surface area (Å²) in [6.45, 7) is -2.99. The number of hydrogen-bond acceptors (Lipinski definition) is 6. The molecule has 2 N–H and O–H groups in total. The topological polar surface area (TPSA) is 65.4 Å². The van der Waals surface area contributed by atoms with E-state index in [1.807, 2.05) is 0 Å². The van der Waals surface area contributed by atoms with Crippen molar-refractivity contribution >= 4 is 11.4 Å². The van der Waals surface area contributed by atoms with Gasteiger partial charge in [-0.15, -0.1) is 10.3 Å². The number of hydrogen-bond donors (Lipinski definition) is 2. The number of ether oxygens (including phenoxy) is 2. The maximum absolute atomic E-state index is 12.4. The molecule has 2 aromatic rings. The molecule has 30 heavy (non-hydrogen) atoms. The molecule has 0 aliphatic carbocycles. The summed E-state index contributed by atoms with van der Waals surface area (Å²) in [5, 5.41) is 21.4. The average Bonchev–Trinajstić information content (AvgIpc) is 2.66. The highest BCUT2D eigenvalue weighted by Gasteiger charge is 2.30. The SMILES string of the molecule is ON1c2ccc(OCC(F)(F)F)cc2CCc2cc(OCC(F)(F)F)ccc2N1O. The summed E-state index contributed by atoms with van der Waals surface area (Å²) in [6.07, 6.45) is -8.67. The van der Waals surface area contributed by atoms with Crippen molar-refractivity contribution in [3.63, 3.8) is 0 Å². The van der Waals surface area contributed by atoms with Crippen LogP contribution < -0.4 is 19.8 Å². The van der Waals surface area contributed by atoms with Gasteiger partial charge in [0.05, 0.1) is 11.4 Å². The van der Waals surface area contributed by atoms with E-state index in [1.165, 1.54) is 36.4 Å². The largest absolute Gasteiger partial charge is 0.484 e. The zero-order valence-corrected chi connectivity index (χ0v) is 15.2. The molecule has 0 unspecified atom stereocenters. The molecule has 1 aliphatic heterocycles. The predicted molar refractivity (Wildman–Crippen MR) is 91.9 cm³/mol. The van der Waals surface area contributed by atoms with Crippen molar-refractivity contribution in [3.05, 3.63) is 47.5 Å². The van der Waals surface area contributed by atoms with Gasteiger partial charge in [-0.2, -0.15) is 26.3 Å². The van der Waals surface area contributed by atoms with Crippen molar-refractivity contribution in [1.82, 2.24) is 0 Å². The van der Waals surface area contributed by atoms with E-state index in [4.69, 9.17) is 9.47 Å². The van der Waals surface area contributed by atoms with Crippen molar-refractivity contribution in [2.24, 2.45) is 0 Å². The first kappa shape index (κ1) is 21.8. The average molecular weight is 438 g/mol. The third kappa shape index (κ3) is 5.39. The fraction of sp³-hybridized carbons (Fsp3) is 0.333. The number of halogens is 6. The van der Waals surface area contributed by atoms with Crippen LogP contribution in [0.1, 0.15) is 11.1 Å². The van der Waals surface area contributed by atoms with Crippen molar-refractivity contribution in [3.8, 4) is 11.5 Å². The Labute approximate surface area is 166 Å². The Hall–Kier alpha value is -2.86. The lowest BCUT2D eigenvalue weighted by Gasteiger charge is -2.32. The molecule has 0 saturated heterocycles. The quantitative estimate of drug-likeness (QED) is 0.677. The van der Waals surface area contributed by atoms with Gasteiger partial charge in [0.15, 0.2) is 13.2 Å². The van der Waals surface area contributed by atoms with Crippen LogP contribution in [0.25, 0.3) is 0 Å². The Bertz CT molecular complexity index is 830. The second-order valence-corrected chi connectivity index (χ2v) is 6.47. The molecule has 1 heterocycles. The Kier molecular flexibility index (Phi) is 5.90. The van der Waals surface area contributed by atoms with Gasteiger partial charge in [-0.3, -0.25) is 10.4 Å². The van der Waals surface area contributed by atoms with Crippen LogP contribution in [0.2, 0.25) is 0 Å². The van der Waals surface area contributed by atoms with E-state index in [2.05, 4.69) is 0 Å². The molecule has 6 nitrogen and oxygen atoms in total. The molecule has 0 radical (unpaired) electrons. The Morgan fingerprint density at radius 3 is 1.40 bits per heavy atom. The summed E-state index contributed by atoms with van der Waals surface area (Å²) in [4.78, 5) is 0. The van der Waals surface area contributed by atoms with Gasteiger partial charge < -0.3 is 9.47 Å². The summed E-state index contributed by atoms with van der Waals surface area (Å²) in [5.74, 6) is -0.181. The summed E-state index contributed by atoms with van der Waals surface area (Å²) in [6, 6.07) is 7.53. The van der Waals surface area contributed by atoms with Gasteiger partial charge in [-0.25, -0.2) is 0 Å². The maximum atomic E-state index is 12.4. The normalized spacial score (nSPS) is 14.5. The molecule has 3 rings (SSSR count). The van der Waals surface area contributed by atoms with E-state index in [-0.39, 0.29) is 35.7 Å². The van der Waals surface area contributed by atoms with Crippen LogP contribution in [-0.2, 0) is 12.8 Å². The third-order valence-electron chi connectivity index (χ3n) is 4.18. The second kappa shape index (κ2) is 8.11. The predicted octanol–water partition coefficient (Wildman–Crippen LogP) is 4.67. The first-order valence-corrected chi connectivity index (χ1v) is 8.56. The summed E-state index contributed by atoms with van der Waals surface area (Å²) >= 11 is 0. The molecule has 0 atom stereocenters. The fourth-order valence-corrected chi connectivity index (χ4v) is 2.90. The Morgan fingerprint density at radius 1 is 0.700 bits per heavy atom. The molecule has 0 spiro atoms. The first-order chi connectivity index (χ1) is 13.9. The lowest BCUT2D eigenvalue weighted by Crippen LogP contribution is -2.40. The van der Waals surface area contributed by atoms with E-state index in [9.17, 15) is 36.8 Å². The van der Waals surface area contributed by atoms with E-state index in [0.29, 0.717) is 21.5 Å². The Balaban J connectivity index is 1.85. The smallest absolute Gasteiger partial charge is 0.422 e. The summed E-state index contributed by atoms with van der Waals surface area (Å²) in [5.41, 5.74) is 0.895. The zero-order chi connectivity index (χ0) is 22.1. The summed E-state index contributed by atoms with van der Waals surface area (Å²) in [7, 11) is 0. The van der Waals surface area contributed by atoms with Gasteiger partial charge in [-0.05, 0) is 60.4 Å². The molecule has 2 aromatic carbocycles. The van der Waals surface area contributed by atoms with Crippen molar-refractivity contribution in [2.75, 3.05) is 23.6 Å². The molecule has 164 valence electrons. The van der Waals surface area contributed by atoms with Gasteiger partial charge in [-0.1, -0.05) is 0 Å². The number of alkyl halides is 6. The monoisotopic (exact) mass is 438 g/mol. The number of anilines is 2. The van der Waals surface area contributed by atoms with E-state index >= 15 is 0 Å². The highest BCUT2D eigenvalue weighted by atomic mass is 19.4. The molecular weight excluding hydrogens is 422 g/mol. The van der Waals surface area contributed by atoms with Crippen LogP contribution in [0.5, 0.6) is 11.5 Å². The molecule has 0 aromatic heterocycles. The van der Waals surface area contributed by atoms with Gasteiger partial charge in [0.25, 0.3) is 0 Å². The van der Waals surface area contributed by atoms with Crippen LogP contribution in [-0.4, -0.2) is 36.0 Å². The van der Waals surface area contributed by atoms with Gasteiger partial charge in [0.2, 0.25) is 0 Å². The highest BCUT2D eigenvalue weighted by Crippen LogP contribution is 2.35. The Morgan fingerprint density at radius 2 is 1.07 bits per heavy atom. The van der Waals surface area contributed by atoms with Gasteiger partial charge in [0, 0.05) is 0 Å². The van der Waals surface area contributed by atoms with Crippen molar-refractivity contribution < 1.29 is 46.2 Å². The molecule has 1 aliphatic rings. The van der Waals surface area contributed by atoms with Crippen LogP contribution in [0, 0.1) is 0 Å². The van der Waals surface area contributed by atoms with Crippen molar-refractivity contribution in [2.45, 2.75) is 25.2 Å². The minimum Gasteiger partial charge on any atom is -0.484 e. The van der Waals surface area contributed by atoms with Crippen LogP contribution in [0.3, 0.4) is 0 Å². The van der Waals surface area contributed by atoms with E-state index in [0.717, 1.165) is 0 Å². The number of nitrogens with zero attached hydrogens (tertiary/aromatic N) is 2. The minimum atomic E-state index is -4.53. The highest BCUT2D eigenvalue weighted by molar-refractivity contribution is 5.64. The van der Waals surface area contributed by atoms with E-state index < -0.39 is 25.6 Å². The standard InChI is InChI=1S/C18H16F6N2O4/c19-17(20,21)9-29-13-3-5-15-11(7-13)1-2-12-8-14(30-10-18(22,23)24)4-6-16(12)26(28)25(15)27/h3-8,27-28H,1-2,9-10H2. The minimum absolute atomic E-state index is 0.0907. The van der Waals surface area contributed by atoms with Crippen LogP contribution in [0.4, 0.5) is 37.7 Å². The third-order valence-corrected chi connectivity index (χ3v) is 4.18. The van der Waals surface area contributed by atoms with Gasteiger partial charge in [0.1, 0.15) is 11.5 Å². The molecule has 12 heteroatoms. The van der Waals surface area contributed by atoms with E-state index in [1.54, 1.807) is 0 Å². The molecule has 0 amide bonds. The fourth-order valence-electron chi connectivity index (χ4n) is 2.90. The number of fused-ring (bicyclic) bond motifs is 2. The number of benzene rings is 2. The first-order valence-electron chi connectivity index (χ1n) is 8.56. The second-order valence-electron chi connectivity index (χ2n) is 6.47. The molecule has 0 saturated carbocycles. The lowest BCUT2D eigenvalue weighted by atomic mass is 10.00. The van der Waals surface area contributed by atoms with Crippen molar-refractivity contribution in [1.29, 1.82) is 0 Å². The zero-order valence-electron chi connectivity index (χ0n) is 15.2. The molecule has 0 bridgehead atoms. The van der Waals surface area contributed by atoms with Crippen LogP contribution in [0.15, 0.2) is 36.4 Å². The number of rotatable bonds is 4. The molecule has 0 fully saturated rings. The van der Waals surface area contributed by atoms with Crippen LogP contribution >= 0.6 is 0 Å². The number of hydrazine groups is 1. The summed E-state index contributed by atoms with van der Waals surface area (Å²) < 4.78 is 83.5. The number of aryl methyl sites for hydroxylation is 2. The maximum Gasteiger partial charge on any atom is 0.422 e. The molecular formula is C18H16F6N2O4. The van der Waals surface area contributed by atoms with Gasteiger partial charge >= 0.3 is 12.4 Å².